The van der Waals surface area contributed by atoms with Gasteiger partial charge in [0.25, 0.3) is 5.91 Å². The van der Waals surface area contributed by atoms with Gasteiger partial charge in [-0.1, -0.05) is 41.4 Å². The van der Waals surface area contributed by atoms with Crippen LogP contribution in [0.4, 0.5) is 17.3 Å². The van der Waals surface area contributed by atoms with Crippen molar-refractivity contribution >= 4 is 46.4 Å². The van der Waals surface area contributed by atoms with Crippen molar-refractivity contribution in [2.75, 3.05) is 30.0 Å². The van der Waals surface area contributed by atoms with Crippen LogP contribution in [0.25, 0.3) is 0 Å². The summed E-state index contributed by atoms with van der Waals surface area (Å²) in [6.07, 6.45) is 4.39. The fraction of sp³-hybridized carbons (Fsp3) is 0.208. The number of fused-ring (bicyclic) bond motifs is 2. The molecule has 0 bridgehead atoms. The molecule has 2 aliphatic heterocycles. The minimum Gasteiger partial charge on any atom is -0.455 e. The molecule has 0 radical (unpaired) electrons. The van der Waals surface area contributed by atoms with Crippen molar-refractivity contribution in [2.24, 2.45) is 0 Å². The zero-order valence-electron chi connectivity index (χ0n) is 17.7. The van der Waals surface area contributed by atoms with E-state index in [0.717, 1.165) is 31.7 Å². The Morgan fingerprint density at radius 2 is 2.00 bits per heavy atom. The molecule has 0 unspecified atom stereocenters. The van der Waals surface area contributed by atoms with Gasteiger partial charge in [0.2, 0.25) is 11.8 Å². The third-order valence-corrected chi connectivity index (χ3v) is 6.32. The Labute approximate surface area is 201 Å². The highest BCUT2D eigenvalue weighted by atomic mass is 35.5. The molecule has 1 amide bonds. The molecule has 3 aromatic rings. The first-order valence-electron chi connectivity index (χ1n) is 10.5. The van der Waals surface area contributed by atoms with Crippen molar-refractivity contribution in [3.8, 4) is 5.88 Å². The molecule has 2 aromatic carbocycles. The molecule has 1 N–H and O–H groups in total. The molecule has 0 spiro atoms. The molecule has 33 heavy (non-hydrogen) atoms. The van der Waals surface area contributed by atoms with Crippen LogP contribution in [0.5, 0.6) is 5.88 Å². The molecule has 9 heteroatoms. The Morgan fingerprint density at radius 3 is 2.79 bits per heavy atom. The molecular weight excluding hydrogens is 461 g/mol. The first-order valence-corrected chi connectivity index (χ1v) is 11.3. The number of carbonyl (C=O) groups excluding carboxylic acids is 1. The minimum atomic E-state index is -0.325. The molecule has 0 saturated heterocycles. The lowest BCUT2D eigenvalue weighted by Gasteiger charge is -2.29. The molecule has 3 heterocycles. The molecule has 0 aliphatic carbocycles. The summed E-state index contributed by atoms with van der Waals surface area (Å²) in [6.45, 7) is 6.55. The number of hydrogen-bond acceptors (Lipinski definition) is 6. The highest BCUT2D eigenvalue weighted by molar-refractivity contribution is 6.40. The van der Waals surface area contributed by atoms with Crippen LogP contribution in [0.1, 0.15) is 21.5 Å². The van der Waals surface area contributed by atoms with E-state index in [9.17, 15) is 4.79 Å². The maximum Gasteiger partial charge on any atom is 0.268 e. The highest BCUT2D eigenvalue weighted by Gasteiger charge is 2.31. The van der Waals surface area contributed by atoms with Crippen LogP contribution < -0.4 is 15.0 Å². The Bertz CT molecular complexity index is 1230. The van der Waals surface area contributed by atoms with Gasteiger partial charge in [-0.15, -0.1) is 6.58 Å². The summed E-state index contributed by atoms with van der Waals surface area (Å²) in [4.78, 5) is 25.5. The van der Waals surface area contributed by atoms with Crippen LogP contribution >= 0.6 is 23.2 Å². The number of nitrogens with zero attached hydrogens (tertiary/aromatic N) is 4. The van der Waals surface area contributed by atoms with Crippen molar-refractivity contribution in [3.63, 3.8) is 0 Å². The lowest BCUT2D eigenvalue weighted by Crippen LogP contribution is -2.39. The summed E-state index contributed by atoms with van der Waals surface area (Å²) in [5.41, 5.74) is 4.14. The number of ether oxygens (including phenoxy) is 1. The van der Waals surface area contributed by atoms with E-state index in [1.165, 1.54) is 22.2 Å². The van der Waals surface area contributed by atoms with E-state index in [1.807, 2.05) is 12.1 Å². The topological polar surface area (TPSA) is 70.6 Å². The maximum atomic E-state index is 13.1. The van der Waals surface area contributed by atoms with Crippen LogP contribution in [0.15, 0.2) is 55.3 Å². The van der Waals surface area contributed by atoms with Crippen molar-refractivity contribution in [2.45, 2.75) is 13.0 Å². The van der Waals surface area contributed by atoms with Crippen molar-refractivity contribution in [3.05, 3.63) is 82.0 Å². The second-order valence-corrected chi connectivity index (χ2v) is 8.69. The summed E-state index contributed by atoms with van der Waals surface area (Å²) in [7, 11) is 0. The van der Waals surface area contributed by atoms with Crippen LogP contribution in [-0.2, 0) is 13.0 Å². The number of halogens is 2. The number of benzene rings is 2. The van der Waals surface area contributed by atoms with Crippen LogP contribution in [0.3, 0.4) is 0 Å². The van der Waals surface area contributed by atoms with Crippen molar-refractivity contribution < 1.29 is 9.53 Å². The van der Waals surface area contributed by atoms with Crippen molar-refractivity contribution in [1.82, 2.24) is 14.9 Å². The number of anilines is 3. The molecule has 1 aromatic heterocycles. The van der Waals surface area contributed by atoms with Gasteiger partial charge >= 0.3 is 0 Å². The molecule has 0 atom stereocenters. The van der Waals surface area contributed by atoms with E-state index >= 15 is 0 Å². The van der Waals surface area contributed by atoms with Gasteiger partial charge in [0, 0.05) is 31.5 Å². The number of amides is 1. The first-order chi connectivity index (χ1) is 16.0. The van der Waals surface area contributed by atoms with Gasteiger partial charge in [-0.3, -0.25) is 14.6 Å². The Kier molecular flexibility index (Phi) is 5.93. The number of para-hydroxylation sites is 1. The van der Waals surface area contributed by atoms with Gasteiger partial charge in [-0.2, -0.15) is 4.98 Å². The van der Waals surface area contributed by atoms with E-state index in [-0.39, 0.29) is 24.1 Å². The van der Waals surface area contributed by atoms with Gasteiger partial charge in [-0.05, 0) is 41.8 Å². The molecule has 0 saturated carbocycles. The molecular formula is C24H21Cl2N5O2. The average molecular weight is 482 g/mol. The van der Waals surface area contributed by atoms with Gasteiger partial charge in [-0.25, -0.2) is 4.98 Å². The average Bonchev–Trinajstić information content (AvgIpc) is 2.80. The van der Waals surface area contributed by atoms with E-state index in [0.29, 0.717) is 21.7 Å². The minimum absolute atomic E-state index is 0.0519. The predicted molar refractivity (Wildman–Crippen MR) is 130 cm³/mol. The first kappa shape index (κ1) is 21.7. The van der Waals surface area contributed by atoms with E-state index in [4.69, 9.17) is 27.9 Å². The Morgan fingerprint density at radius 1 is 1.18 bits per heavy atom. The van der Waals surface area contributed by atoms with E-state index < -0.39 is 0 Å². The van der Waals surface area contributed by atoms with E-state index in [1.54, 1.807) is 18.2 Å². The predicted octanol–water partition coefficient (Wildman–Crippen LogP) is 5.07. The standard InChI is InChI=1S/C24H21Cl2N5O2/c1-2-9-30-10-8-15-6-7-17(11-16(15)13-30)28-24-27-12-18-22(29-24)33-14-31(23(18)32)21-19(25)4-3-5-20(21)26/h2-7,11-12H,1,8-10,13-14H2,(H,27,28,29). The second-order valence-electron chi connectivity index (χ2n) is 7.87. The number of carbonyl (C=O) groups is 1. The normalized spacial score (nSPS) is 15.5. The second kappa shape index (κ2) is 9.02. The number of rotatable bonds is 5. The summed E-state index contributed by atoms with van der Waals surface area (Å²) in [6, 6.07) is 11.3. The molecule has 5 rings (SSSR count). The summed E-state index contributed by atoms with van der Waals surface area (Å²) < 4.78 is 5.76. The lowest BCUT2D eigenvalue weighted by molar-refractivity contribution is 0.0932. The molecule has 168 valence electrons. The summed E-state index contributed by atoms with van der Waals surface area (Å²) in [5, 5.41) is 3.94. The number of hydrogen-bond donors (Lipinski definition) is 1. The zero-order chi connectivity index (χ0) is 22.9. The maximum absolute atomic E-state index is 13.1. The molecule has 0 fully saturated rings. The quantitative estimate of drug-likeness (QED) is 0.513. The molecule has 7 nitrogen and oxygen atoms in total. The van der Waals surface area contributed by atoms with Gasteiger partial charge in [0.1, 0.15) is 5.56 Å². The van der Waals surface area contributed by atoms with Crippen molar-refractivity contribution in [1.29, 1.82) is 0 Å². The fourth-order valence-electron chi connectivity index (χ4n) is 4.09. The van der Waals surface area contributed by atoms with Gasteiger partial charge in [0.05, 0.1) is 15.7 Å². The third kappa shape index (κ3) is 4.27. The van der Waals surface area contributed by atoms with E-state index in [2.05, 4.69) is 38.9 Å². The largest absolute Gasteiger partial charge is 0.455 e. The Hall–Kier alpha value is -3.13. The Balaban J connectivity index is 1.36. The van der Waals surface area contributed by atoms with Crippen LogP contribution in [-0.4, -0.2) is 40.6 Å². The lowest BCUT2D eigenvalue weighted by atomic mass is 9.99. The molecule has 2 aliphatic rings. The van der Waals surface area contributed by atoms with Crippen LogP contribution in [0, 0.1) is 0 Å². The SMILES string of the molecule is C=CCN1CCc2ccc(Nc3ncc4c(n3)OCN(c3c(Cl)cccc3Cl)C4=O)cc2C1. The number of nitrogens with one attached hydrogen (secondary N) is 1. The monoisotopic (exact) mass is 481 g/mol. The number of aromatic nitrogens is 2. The smallest absolute Gasteiger partial charge is 0.268 e. The van der Waals surface area contributed by atoms with Crippen LogP contribution in [0.2, 0.25) is 10.0 Å². The fourth-order valence-corrected chi connectivity index (χ4v) is 4.69. The van der Waals surface area contributed by atoms with Gasteiger partial charge in [0.15, 0.2) is 6.73 Å². The third-order valence-electron chi connectivity index (χ3n) is 5.71. The zero-order valence-corrected chi connectivity index (χ0v) is 19.2. The van der Waals surface area contributed by atoms with Gasteiger partial charge < -0.3 is 10.1 Å². The highest BCUT2D eigenvalue weighted by Crippen LogP contribution is 2.37. The summed E-state index contributed by atoms with van der Waals surface area (Å²) in [5.74, 6) is 0.241. The summed E-state index contributed by atoms with van der Waals surface area (Å²) >= 11 is 12.5.